The molecule has 0 aliphatic rings. The number of carbonyl (C=O) groups excluding carboxylic acids is 2. The number of aliphatic carboxylic acids is 1. The Bertz CT molecular complexity index is 942. The molecule has 0 aliphatic heterocycles. The SMILES string of the molecule is COc1cc(C)c(C#N)c(COc2cccc(C(=O)CC(=O)C(=O)O)c2)c1. The van der Waals surface area contributed by atoms with Gasteiger partial charge in [-0.3, -0.25) is 9.59 Å². The zero-order chi connectivity index (χ0) is 20.0. The largest absolute Gasteiger partial charge is 0.497 e. The number of nitrogens with zero attached hydrogens (tertiary/aromatic N) is 1. The molecule has 0 spiro atoms. The van der Waals surface area contributed by atoms with Gasteiger partial charge >= 0.3 is 5.97 Å². The van der Waals surface area contributed by atoms with E-state index in [1.54, 1.807) is 31.2 Å². The number of rotatable bonds is 8. The number of carbonyl (C=O) groups is 3. The summed E-state index contributed by atoms with van der Waals surface area (Å²) in [5.74, 6) is -2.47. The summed E-state index contributed by atoms with van der Waals surface area (Å²) in [6.45, 7) is 1.87. The van der Waals surface area contributed by atoms with Gasteiger partial charge in [0.15, 0.2) is 5.78 Å². The Balaban J connectivity index is 2.17. The maximum atomic E-state index is 12.0. The van der Waals surface area contributed by atoms with E-state index >= 15 is 0 Å². The fraction of sp³-hybridized carbons (Fsp3) is 0.200. The van der Waals surface area contributed by atoms with Crippen LogP contribution in [-0.4, -0.2) is 29.8 Å². The van der Waals surface area contributed by atoms with Crippen LogP contribution in [0.15, 0.2) is 36.4 Å². The van der Waals surface area contributed by atoms with Gasteiger partial charge in [-0.05, 0) is 36.8 Å². The van der Waals surface area contributed by atoms with Gasteiger partial charge in [0.25, 0.3) is 0 Å². The number of Topliss-reactive ketones (excluding diaryl/α,β-unsaturated/α-hetero) is 2. The van der Waals surface area contributed by atoms with E-state index in [-0.39, 0.29) is 12.2 Å². The van der Waals surface area contributed by atoms with Crippen molar-refractivity contribution < 1.29 is 29.0 Å². The molecule has 0 unspecified atom stereocenters. The van der Waals surface area contributed by atoms with Crippen molar-refractivity contribution in [3.8, 4) is 17.6 Å². The van der Waals surface area contributed by atoms with E-state index in [2.05, 4.69) is 6.07 Å². The van der Waals surface area contributed by atoms with Crippen molar-refractivity contribution in [2.24, 2.45) is 0 Å². The lowest BCUT2D eigenvalue weighted by Crippen LogP contribution is -2.17. The van der Waals surface area contributed by atoms with Crippen molar-refractivity contribution in [3.63, 3.8) is 0 Å². The zero-order valence-corrected chi connectivity index (χ0v) is 14.8. The van der Waals surface area contributed by atoms with Crippen molar-refractivity contribution in [2.45, 2.75) is 20.0 Å². The molecule has 0 aromatic heterocycles. The standard InChI is InChI=1S/C20H17NO6/c1-12-6-16(26-2)8-14(17(12)10-21)11-27-15-5-3-4-13(7-15)18(22)9-19(23)20(24)25/h3-8H,9,11H2,1-2H3,(H,24,25). The Hall–Kier alpha value is -3.66. The Kier molecular flexibility index (Phi) is 6.28. The van der Waals surface area contributed by atoms with Gasteiger partial charge in [0.1, 0.15) is 18.1 Å². The van der Waals surface area contributed by atoms with E-state index in [0.717, 1.165) is 5.56 Å². The molecule has 0 radical (unpaired) electrons. The molecule has 1 N–H and O–H groups in total. The summed E-state index contributed by atoms with van der Waals surface area (Å²) in [5.41, 5.74) is 2.04. The highest BCUT2D eigenvalue weighted by molar-refractivity contribution is 6.37. The summed E-state index contributed by atoms with van der Waals surface area (Å²) in [4.78, 5) is 33.8. The van der Waals surface area contributed by atoms with Crippen LogP contribution in [0.25, 0.3) is 0 Å². The minimum Gasteiger partial charge on any atom is -0.497 e. The van der Waals surface area contributed by atoms with Crippen LogP contribution in [-0.2, 0) is 16.2 Å². The molecule has 27 heavy (non-hydrogen) atoms. The number of methoxy groups -OCH3 is 1. The molecule has 0 saturated carbocycles. The molecule has 2 rings (SSSR count). The molecule has 2 aromatic rings. The van der Waals surface area contributed by atoms with Gasteiger partial charge in [-0.25, -0.2) is 4.79 Å². The van der Waals surface area contributed by atoms with E-state index in [1.165, 1.54) is 19.2 Å². The first-order chi connectivity index (χ1) is 12.8. The fourth-order valence-corrected chi connectivity index (χ4v) is 2.46. The normalized spacial score (nSPS) is 9.96. The average molecular weight is 367 g/mol. The summed E-state index contributed by atoms with van der Waals surface area (Å²) in [6, 6.07) is 11.7. The van der Waals surface area contributed by atoms with Crippen LogP contribution in [0.3, 0.4) is 0 Å². The molecule has 0 bridgehead atoms. The third-order valence-electron chi connectivity index (χ3n) is 3.85. The van der Waals surface area contributed by atoms with Gasteiger partial charge in [-0.15, -0.1) is 0 Å². The molecule has 7 heteroatoms. The van der Waals surface area contributed by atoms with Crippen LogP contribution in [0.1, 0.15) is 33.5 Å². The Morgan fingerprint density at radius 1 is 1.15 bits per heavy atom. The van der Waals surface area contributed by atoms with Crippen molar-refractivity contribution in [1.29, 1.82) is 5.26 Å². The molecule has 2 aromatic carbocycles. The predicted octanol–water partition coefficient (Wildman–Crippen LogP) is 2.68. The molecule has 0 atom stereocenters. The zero-order valence-electron chi connectivity index (χ0n) is 14.8. The summed E-state index contributed by atoms with van der Waals surface area (Å²) in [6.07, 6.45) is -0.716. The number of hydrogen-bond acceptors (Lipinski definition) is 6. The highest BCUT2D eigenvalue weighted by Crippen LogP contribution is 2.24. The number of carboxylic acids is 1. The minimum absolute atomic E-state index is 0.0760. The number of ketones is 2. The van der Waals surface area contributed by atoms with Crippen molar-refractivity contribution >= 4 is 17.5 Å². The second-order valence-electron chi connectivity index (χ2n) is 5.74. The molecule has 0 aliphatic carbocycles. The first kappa shape index (κ1) is 19.7. The van der Waals surface area contributed by atoms with Crippen molar-refractivity contribution in [1.82, 2.24) is 0 Å². The lowest BCUT2D eigenvalue weighted by molar-refractivity contribution is -0.148. The van der Waals surface area contributed by atoms with Crippen molar-refractivity contribution in [2.75, 3.05) is 7.11 Å². The third-order valence-corrected chi connectivity index (χ3v) is 3.85. The van der Waals surface area contributed by atoms with Crippen LogP contribution in [0, 0.1) is 18.3 Å². The predicted molar refractivity (Wildman–Crippen MR) is 94.8 cm³/mol. The first-order valence-corrected chi connectivity index (χ1v) is 7.95. The van der Waals surface area contributed by atoms with Crippen LogP contribution in [0.4, 0.5) is 0 Å². The number of hydrogen-bond donors (Lipinski definition) is 1. The molecular weight excluding hydrogens is 350 g/mol. The topological polar surface area (TPSA) is 114 Å². The molecule has 138 valence electrons. The summed E-state index contributed by atoms with van der Waals surface area (Å²) >= 11 is 0. The number of benzene rings is 2. The summed E-state index contributed by atoms with van der Waals surface area (Å²) < 4.78 is 10.9. The number of aryl methyl sites for hydroxylation is 1. The number of carboxylic acid groups (broad SMARTS) is 1. The maximum Gasteiger partial charge on any atom is 0.372 e. The molecule has 0 amide bonds. The van der Waals surface area contributed by atoms with Gasteiger partial charge in [0.2, 0.25) is 5.78 Å². The van der Waals surface area contributed by atoms with Crippen LogP contribution in [0.5, 0.6) is 11.5 Å². The molecule has 7 nitrogen and oxygen atoms in total. The second kappa shape index (κ2) is 8.63. The fourth-order valence-electron chi connectivity index (χ4n) is 2.46. The van der Waals surface area contributed by atoms with Crippen LogP contribution >= 0.6 is 0 Å². The van der Waals surface area contributed by atoms with E-state index in [9.17, 15) is 19.6 Å². The quantitative estimate of drug-likeness (QED) is 0.433. The number of ether oxygens (including phenoxy) is 2. The molecule has 0 heterocycles. The Morgan fingerprint density at radius 3 is 2.52 bits per heavy atom. The van der Waals surface area contributed by atoms with E-state index in [0.29, 0.717) is 22.6 Å². The van der Waals surface area contributed by atoms with Gasteiger partial charge < -0.3 is 14.6 Å². The Labute approximate surface area is 155 Å². The molecule has 0 fully saturated rings. The second-order valence-corrected chi connectivity index (χ2v) is 5.74. The van der Waals surface area contributed by atoms with Crippen LogP contribution in [0.2, 0.25) is 0 Å². The van der Waals surface area contributed by atoms with Crippen molar-refractivity contribution in [3.05, 3.63) is 58.7 Å². The van der Waals surface area contributed by atoms with Gasteiger partial charge in [0.05, 0.1) is 25.2 Å². The van der Waals surface area contributed by atoms with Gasteiger partial charge in [-0.1, -0.05) is 12.1 Å². The minimum atomic E-state index is -1.65. The van der Waals surface area contributed by atoms with E-state index < -0.39 is 24.0 Å². The first-order valence-electron chi connectivity index (χ1n) is 7.95. The smallest absolute Gasteiger partial charge is 0.372 e. The van der Waals surface area contributed by atoms with Gasteiger partial charge in [-0.2, -0.15) is 5.26 Å². The number of nitriles is 1. The third kappa shape index (κ3) is 4.92. The highest BCUT2D eigenvalue weighted by atomic mass is 16.5. The summed E-state index contributed by atoms with van der Waals surface area (Å²) in [7, 11) is 1.53. The van der Waals surface area contributed by atoms with Gasteiger partial charge in [0, 0.05) is 11.1 Å². The van der Waals surface area contributed by atoms with E-state index in [4.69, 9.17) is 14.6 Å². The summed E-state index contributed by atoms with van der Waals surface area (Å²) in [5, 5.41) is 17.9. The average Bonchev–Trinajstić information content (AvgIpc) is 2.65. The maximum absolute atomic E-state index is 12.0. The Morgan fingerprint density at radius 2 is 1.89 bits per heavy atom. The molecule has 0 saturated heterocycles. The highest BCUT2D eigenvalue weighted by Gasteiger charge is 2.18. The van der Waals surface area contributed by atoms with Crippen LogP contribution < -0.4 is 9.47 Å². The van der Waals surface area contributed by atoms with E-state index in [1.807, 2.05) is 0 Å². The lowest BCUT2D eigenvalue weighted by Gasteiger charge is -2.12. The lowest BCUT2D eigenvalue weighted by atomic mass is 10.0. The molecular formula is C20H17NO6. The monoisotopic (exact) mass is 367 g/mol.